The molecule has 2 N–H and O–H groups in total. The van der Waals surface area contributed by atoms with E-state index in [0.29, 0.717) is 6.54 Å². The van der Waals surface area contributed by atoms with Crippen LogP contribution in [-0.4, -0.2) is 48.3 Å². The maximum atomic E-state index is 12.9. The number of fused-ring (bicyclic) bond motifs is 1. The van der Waals surface area contributed by atoms with Gasteiger partial charge >= 0.3 is 0 Å². The van der Waals surface area contributed by atoms with Crippen LogP contribution < -0.4 is 10.2 Å². The lowest BCUT2D eigenvalue weighted by Gasteiger charge is -2.23. The van der Waals surface area contributed by atoms with E-state index in [9.17, 15) is 9.59 Å². The number of nitrogens with zero attached hydrogens (tertiary/aromatic N) is 1. The average Bonchev–Trinajstić information content (AvgIpc) is 3.22. The quantitative estimate of drug-likeness (QED) is 0.772. The molecule has 0 aliphatic carbocycles. The Morgan fingerprint density at radius 1 is 1.39 bits per heavy atom. The average molecular weight is 314 g/mol. The zero-order valence-electron chi connectivity index (χ0n) is 12.5. The predicted molar refractivity (Wildman–Crippen MR) is 82.6 cm³/mol. The van der Waals surface area contributed by atoms with E-state index in [-0.39, 0.29) is 31.1 Å². The van der Waals surface area contributed by atoms with Crippen molar-refractivity contribution >= 4 is 17.5 Å². The molecule has 2 saturated heterocycles. The second kappa shape index (κ2) is 5.18. The van der Waals surface area contributed by atoms with Gasteiger partial charge in [-0.05, 0) is 12.1 Å². The molecule has 0 radical (unpaired) electrons. The molecule has 4 rings (SSSR count). The fourth-order valence-corrected chi connectivity index (χ4v) is 3.92. The lowest BCUT2D eigenvalue weighted by atomic mass is 9.77. The van der Waals surface area contributed by atoms with Gasteiger partial charge in [-0.3, -0.25) is 9.59 Å². The molecule has 1 aromatic carbocycles. The van der Waals surface area contributed by atoms with Crippen LogP contribution in [0.5, 0.6) is 0 Å². The summed E-state index contributed by atoms with van der Waals surface area (Å²) >= 11 is 0. The van der Waals surface area contributed by atoms with Crippen molar-refractivity contribution in [1.82, 2.24) is 5.32 Å². The first-order valence-electron chi connectivity index (χ1n) is 7.78. The van der Waals surface area contributed by atoms with E-state index < -0.39 is 17.4 Å². The van der Waals surface area contributed by atoms with Crippen molar-refractivity contribution in [2.45, 2.75) is 11.7 Å². The molecule has 2 amide bonds. The molecule has 2 bridgehead atoms. The first-order chi connectivity index (χ1) is 11.2. The standard InChI is InChI=1S/C17H18N2O4/c20-9-8-18-15(21)13-12-6-7-17(23-12)10-19(16(22)14(13)17)11-4-2-1-3-5-11/h1-7,12-14,20H,8-10H2,(H,18,21)/t12-,13+,14+,17-/m1/s1. The summed E-state index contributed by atoms with van der Waals surface area (Å²) in [6, 6.07) is 9.43. The molecular formula is C17H18N2O4. The maximum absolute atomic E-state index is 12.9. The number of aliphatic hydroxyl groups is 1. The zero-order valence-corrected chi connectivity index (χ0v) is 12.5. The van der Waals surface area contributed by atoms with Gasteiger partial charge in [0.15, 0.2) is 0 Å². The van der Waals surface area contributed by atoms with Crippen LogP contribution in [0.25, 0.3) is 0 Å². The highest BCUT2D eigenvalue weighted by Crippen LogP contribution is 2.52. The number of hydrogen-bond acceptors (Lipinski definition) is 4. The normalized spacial score (nSPS) is 34.0. The molecule has 0 aromatic heterocycles. The summed E-state index contributed by atoms with van der Waals surface area (Å²) < 4.78 is 6.02. The third-order valence-corrected chi connectivity index (χ3v) is 4.88. The van der Waals surface area contributed by atoms with Crippen molar-refractivity contribution in [3.05, 3.63) is 42.5 Å². The molecule has 2 fully saturated rings. The number of rotatable bonds is 4. The lowest BCUT2D eigenvalue weighted by Crippen LogP contribution is -2.44. The first-order valence-corrected chi connectivity index (χ1v) is 7.78. The molecule has 3 aliphatic rings. The molecule has 1 spiro atoms. The van der Waals surface area contributed by atoms with Crippen LogP contribution in [0.15, 0.2) is 42.5 Å². The van der Waals surface area contributed by atoms with E-state index in [0.717, 1.165) is 5.69 Å². The minimum Gasteiger partial charge on any atom is -0.395 e. The highest BCUT2D eigenvalue weighted by Gasteiger charge is 2.66. The van der Waals surface area contributed by atoms with Crippen LogP contribution >= 0.6 is 0 Å². The van der Waals surface area contributed by atoms with Gasteiger partial charge in [0.1, 0.15) is 5.60 Å². The maximum Gasteiger partial charge on any atom is 0.234 e. The Labute approximate surface area is 133 Å². The number of nitrogens with one attached hydrogen (secondary N) is 1. The van der Waals surface area contributed by atoms with E-state index in [1.807, 2.05) is 42.5 Å². The Hall–Kier alpha value is -2.18. The largest absolute Gasteiger partial charge is 0.395 e. The first kappa shape index (κ1) is 14.4. The van der Waals surface area contributed by atoms with Gasteiger partial charge in [-0.15, -0.1) is 0 Å². The molecule has 1 aromatic rings. The Balaban J connectivity index is 1.65. The third kappa shape index (κ3) is 2.02. The number of ether oxygens (including phenoxy) is 1. The van der Waals surface area contributed by atoms with Gasteiger partial charge in [0, 0.05) is 12.2 Å². The highest BCUT2D eigenvalue weighted by molar-refractivity contribution is 6.03. The number of carbonyl (C=O) groups is 2. The minimum atomic E-state index is -0.710. The van der Waals surface area contributed by atoms with E-state index in [1.54, 1.807) is 4.90 Å². The number of amides is 2. The van der Waals surface area contributed by atoms with Gasteiger partial charge < -0.3 is 20.1 Å². The molecule has 6 heteroatoms. The topological polar surface area (TPSA) is 78.9 Å². The SMILES string of the molecule is O=C(NCCO)[C@@H]1[C@H]2C(=O)N(c3ccccc3)C[C@]23C=C[C@H]1O3. The van der Waals surface area contributed by atoms with Crippen LogP contribution in [0.3, 0.4) is 0 Å². The second-order valence-electron chi connectivity index (χ2n) is 6.17. The fourth-order valence-electron chi connectivity index (χ4n) is 3.92. The Kier molecular flexibility index (Phi) is 3.25. The Morgan fingerprint density at radius 3 is 2.91 bits per heavy atom. The molecule has 3 heterocycles. The summed E-state index contributed by atoms with van der Waals surface area (Å²) in [7, 11) is 0. The molecule has 4 atom stereocenters. The summed E-state index contributed by atoms with van der Waals surface area (Å²) in [5.74, 6) is -1.35. The van der Waals surface area contributed by atoms with Gasteiger partial charge in [0.2, 0.25) is 11.8 Å². The van der Waals surface area contributed by atoms with E-state index in [2.05, 4.69) is 5.32 Å². The predicted octanol–water partition coefficient (Wildman–Crippen LogP) is 0.0815. The van der Waals surface area contributed by atoms with Crippen LogP contribution in [0.2, 0.25) is 0 Å². The van der Waals surface area contributed by atoms with Gasteiger partial charge in [0.25, 0.3) is 0 Å². The van der Waals surface area contributed by atoms with E-state index in [4.69, 9.17) is 9.84 Å². The number of para-hydroxylation sites is 1. The molecule has 23 heavy (non-hydrogen) atoms. The third-order valence-electron chi connectivity index (χ3n) is 4.88. The fraction of sp³-hybridized carbons (Fsp3) is 0.412. The number of benzene rings is 1. The van der Waals surface area contributed by atoms with Gasteiger partial charge in [-0.2, -0.15) is 0 Å². The van der Waals surface area contributed by atoms with Crippen molar-refractivity contribution in [3.8, 4) is 0 Å². The van der Waals surface area contributed by atoms with E-state index >= 15 is 0 Å². The van der Waals surface area contributed by atoms with Crippen molar-refractivity contribution in [3.63, 3.8) is 0 Å². The number of hydrogen-bond donors (Lipinski definition) is 2. The lowest BCUT2D eigenvalue weighted by molar-refractivity contribution is -0.132. The summed E-state index contributed by atoms with van der Waals surface area (Å²) in [5, 5.41) is 11.6. The monoisotopic (exact) mass is 314 g/mol. The molecule has 0 unspecified atom stereocenters. The van der Waals surface area contributed by atoms with Crippen LogP contribution in [0, 0.1) is 11.8 Å². The van der Waals surface area contributed by atoms with Crippen molar-refractivity contribution in [2.75, 3.05) is 24.6 Å². The number of carbonyl (C=O) groups excluding carboxylic acids is 2. The minimum absolute atomic E-state index is 0.0767. The molecular weight excluding hydrogens is 296 g/mol. The number of anilines is 1. The van der Waals surface area contributed by atoms with Crippen LogP contribution in [0.4, 0.5) is 5.69 Å². The highest BCUT2D eigenvalue weighted by atomic mass is 16.5. The van der Waals surface area contributed by atoms with Gasteiger partial charge in [0.05, 0.1) is 31.1 Å². The van der Waals surface area contributed by atoms with Gasteiger partial charge in [-0.25, -0.2) is 0 Å². The van der Waals surface area contributed by atoms with Crippen LogP contribution in [0.1, 0.15) is 0 Å². The van der Waals surface area contributed by atoms with E-state index in [1.165, 1.54) is 0 Å². The Morgan fingerprint density at radius 2 is 2.17 bits per heavy atom. The van der Waals surface area contributed by atoms with Crippen molar-refractivity contribution in [1.29, 1.82) is 0 Å². The molecule has 6 nitrogen and oxygen atoms in total. The summed E-state index contributed by atoms with van der Waals surface area (Å²) in [6.07, 6.45) is 3.45. The zero-order chi connectivity index (χ0) is 16.0. The molecule has 0 saturated carbocycles. The van der Waals surface area contributed by atoms with Gasteiger partial charge in [-0.1, -0.05) is 30.4 Å². The molecule has 3 aliphatic heterocycles. The van der Waals surface area contributed by atoms with Crippen LogP contribution in [-0.2, 0) is 14.3 Å². The summed E-state index contributed by atoms with van der Waals surface area (Å²) in [4.78, 5) is 27.1. The smallest absolute Gasteiger partial charge is 0.234 e. The summed E-state index contributed by atoms with van der Waals surface area (Å²) in [6.45, 7) is 0.485. The second-order valence-corrected chi connectivity index (χ2v) is 6.17. The number of aliphatic hydroxyl groups excluding tert-OH is 1. The molecule has 120 valence electrons. The summed E-state index contributed by atoms with van der Waals surface area (Å²) in [5.41, 5.74) is 0.106. The Bertz CT molecular complexity index is 674. The van der Waals surface area contributed by atoms with Crippen molar-refractivity contribution in [2.24, 2.45) is 11.8 Å². The van der Waals surface area contributed by atoms with Crippen molar-refractivity contribution < 1.29 is 19.4 Å².